The number of amides is 1. The molecule has 1 aliphatic heterocycles. The van der Waals surface area contributed by atoms with Gasteiger partial charge in [0.1, 0.15) is 0 Å². The van der Waals surface area contributed by atoms with Crippen LogP contribution in [0.15, 0.2) is 43.0 Å². The molecule has 2 aromatic carbocycles. The molecule has 5 rings (SSSR count). The summed E-state index contributed by atoms with van der Waals surface area (Å²) in [7, 11) is 5.98. The van der Waals surface area contributed by atoms with Gasteiger partial charge in [0.05, 0.1) is 5.56 Å². The van der Waals surface area contributed by atoms with E-state index >= 15 is 0 Å². The van der Waals surface area contributed by atoms with E-state index in [-0.39, 0.29) is 17.9 Å². The quantitative estimate of drug-likeness (QED) is 0.220. The summed E-state index contributed by atoms with van der Waals surface area (Å²) in [5, 5.41) is 15.9. The molecule has 0 saturated heterocycles. The molecule has 1 unspecified atom stereocenters. The Hall–Kier alpha value is -3.82. The summed E-state index contributed by atoms with van der Waals surface area (Å²) in [4.78, 5) is 15.4. The fraction of sp³-hybridized carbons (Fsp3) is 0.406. The van der Waals surface area contributed by atoms with Crippen LogP contribution < -0.4 is 5.73 Å². The van der Waals surface area contributed by atoms with Crippen molar-refractivity contribution in [1.29, 1.82) is 0 Å². The van der Waals surface area contributed by atoms with Crippen molar-refractivity contribution < 1.29 is 23.1 Å². The number of phenolic OH excluding ortho intramolecular Hbond substituents is 1. The van der Waals surface area contributed by atoms with Crippen molar-refractivity contribution in [2.75, 3.05) is 12.3 Å². The number of carbonyl (C=O) groups excluding carboxylic acids is 1. The molecular formula is C32H35BF3N4O2. The van der Waals surface area contributed by atoms with Crippen LogP contribution in [-0.4, -0.2) is 45.2 Å². The van der Waals surface area contributed by atoms with Crippen LogP contribution in [0, 0.1) is 5.82 Å². The van der Waals surface area contributed by atoms with E-state index in [9.17, 15) is 23.1 Å². The number of aromatic nitrogens is 2. The SMILES string of the molecule is [B]=C(C=C)CCCc1nn(-c2ccc(C3CC3)cc2O)c2c1C(CC)N(C(=O)c1ccc(C(C)(F)F)c(F)c1N)CC2. The van der Waals surface area contributed by atoms with Crippen molar-refractivity contribution in [2.45, 2.75) is 76.7 Å². The molecule has 1 amide bonds. The van der Waals surface area contributed by atoms with E-state index in [0.29, 0.717) is 56.1 Å². The third-order valence-corrected chi connectivity index (χ3v) is 8.35. The number of benzene rings is 2. The molecule has 1 aliphatic carbocycles. The molecule has 42 heavy (non-hydrogen) atoms. The van der Waals surface area contributed by atoms with Crippen LogP contribution in [0.25, 0.3) is 5.69 Å². The first-order valence-electron chi connectivity index (χ1n) is 14.4. The number of aryl methyl sites for hydroxylation is 1. The molecule has 1 fully saturated rings. The summed E-state index contributed by atoms with van der Waals surface area (Å²) >= 11 is 0. The van der Waals surface area contributed by atoms with Gasteiger partial charge in [0.15, 0.2) is 0 Å². The second-order valence-corrected chi connectivity index (χ2v) is 11.3. The van der Waals surface area contributed by atoms with E-state index in [1.165, 1.54) is 6.07 Å². The van der Waals surface area contributed by atoms with Gasteiger partial charge < -0.3 is 0 Å². The van der Waals surface area contributed by atoms with E-state index in [1.54, 1.807) is 21.7 Å². The van der Waals surface area contributed by atoms with E-state index in [1.807, 2.05) is 19.1 Å². The number of hydrogen-bond donors (Lipinski definition) is 2. The van der Waals surface area contributed by atoms with Gasteiger partial charge in [0.2, 0.25) is 0 Å². The summed E-state index contributed by atoms with van der Waals surface area (Å²) in [5.41, 5.74) is 9.19. The first kappa shape index (κ1) is 29.7. The number of allylic oxidation sites excluding steroid dienone is 1. The summed E-state index contributed by atoms with van der Waals surface area (Å²) < 4.78 is 44.4. The molecule has 1 aromatic heterocycles. The van der Waals surface area contributed by atoms with Crippen molar-refractivity contribution in [3.05, 3.63) is 82.4 Å². The molecule has 3 aromatic rings. The predicted molar refractivity (Wildman–Crippen MR) is 159 cm³/mol. The number of nitrogen functional groups attached to an aromatic ring is 1. The van der Waals surface area contributed by atoms with E-state index in [2.05, 4.69) is 6.58 Å². The number of halogens is 3. The van der Waals surface area contributed by atoms with Gasteiger partial charge in [-0.25, -0.2) is 13.2 Å². The molecule has 6 nitrogen and oxygen atoms in total. The second kappa shape index (κ2) is 11.5. The van der Waals surface area contributed by atoms with Crippen LogP contribution in [0.3, 0.4) is 0 Å². The van der Waals surface area contributed by atoms with Crippen molar-refractivity contribution >= 4 is 24.5 Å². The van der Waals surface area contributed by atoms with Gasteiger partial charge in [-0.2, -0.15) is 0 Å². The third-order valence-electron chi connectivity index (χ3n) is 8.35. The van der Waals surface area contributed by atoms with Crippen molar-refractivity contribution in [3.8, 4) is 11.4 Å². The number of carbonyl (C=O) groups is 1. The van der Waals surface area contributed by atoms with Gasteiger partial charge >= 0.3 is 201 Å². The molecule has 0 bridgehead atoms. The van der Waals surface area contributed by atoms with Crippen LogP contribution >= 0.6 is 0 Å². The number of nitrogens with two attached hydrogens (primary N) is 1. The Bertz CT molecular complexity index is 1560. The van der Waals surface area contributed by atoms with Gasteiger partial charge in [0, 0.05) is 6.92 Å². The van der Waals surface area contributed by atoms with Crippen molar-refractivity contribution in [3.63, 3.8) is 0 Å². The molecule has 219 valence electrons. The molecule has 1 saturated carbocycles. The average molecular weight is 575 g/mol. The van der Waals surface area contributed by atoms with Gasteiger partial charge in [0.25, 0.3) is 5.92 Å². The fourth-order valence-corrected chi connectivity index (χ4v) is 5.96. The third kappa shape index (κ3) is 5.51. The molecule has 2 aliphatic rings. The molecular weight excluding hydrogens is 540 g/mol. The van der Waals surface area contributed by atoms with Crippen LogP contribution in [0.1, 0.15) is 96.3 Å². The van der Waals surface area contributed by atoms with Gasteiger partial charge in [-0.3, -0.25) is 0 Å². The topological polar surface area (TPSA) is 84.4 Å². The number of anilines is 1. The molecule has 2 heterocycles. The number of rotatable bonds is 10. The zero-order chi connectivity index (χ0) is 30.3. The molecule has 10 heteroatoms. The van der Waals surface area contributed by atoms with Crippen LogP contribution in [0.5, 0.6) is 5.75 Å². The number of nitrogens with zero attached hydrogens (tertiary/aromatic N) is 3. The van der Waals surface area contributed by atoms with Gasteiger partial charge in [-0.1, -0.05) is 0 Å². The molecule has 3 N–H and O–H groups in total. The van der Waals surface area contributed by atoms with E-state index in [4.69, 9.17) is 18.3 Å². The van der Waals surface area contributed by atoms with Gasteiger partial charge in [-0.15, -0.1) is 0 Å². The Morgan fingerprint density at radius 3 is 2.64 bits per heavy atom. The molecule has 1 radical (unpaired) electrons. The summed E-state index contributed by atoms with van der Waals surface area (Å²) in [6.07, 6.45) is 6.68. The number of aromatic hydroxyl groups is 1. The first-order valence-corrected chi connectivity index (χ1v) is 14.4. The van der Waals surface area contributed by atoms with Crippen LogP contribution in [0.4, 0.5) is 18.9 Å². The predicted octanol–water partition coefficient (Wildman–Crippen LogP) is 6.29. The monoisotopic (exact) mass is 575 g/mol. The zero-order valence-corrected chi connectivity index (χ0v) is 24.0. The summed E-state index contributed by atoms with van der Waals surface area (Å²) in [6.45, 7) is 6.52. The van der Waals surface area contributed by atoms with Crippen molar-refractivity contribution in [1.82, 2.24) is 14.7 Å². The standard InChI is InChI=1S/C32H35BF3N4O2/c1-4-20(33)7-6-8-23-28-24(5-2)39(31(42)21-12-13-22(32(3,35)36)29(34)30(21)37)16-15-26(28)40(38-23)25-14-11-19(17-27(25)41)18-9-10-18/h4,11-14,17-18,24,41H,1,5-10,15-16,37H2,2-3H3. The van der Waals surface area contributed by atoms with Crippen LogP contribution in [0.2, 0.25) is 0 Å². The number of alkyl halides is 2. The second-order valence-electron chi connectivity index (χ2n) is 11.3. The Labute approximate surface area is 245 Å². The maximum atomic E-state index is 14.9. The van der Waals surface area contributed by atoms with Crippen LogP contribution in [-0.2, 0) is 18.8 Å². The van der Waals surface area contributed by atoms with E-state index < -0.39 is 34.9 Å². The molecule has 0 spiro atoms. The minimum absolute atomic E-state index is 0.142. The Morgan fingerprint density at radius 1 is 1.29 bits per heavy atom. The number of phenols is 1. The average Bonchev–Trinajstić information content (AvgIpc) is 3.74. The fourth-order valence-electron chi connectivity index (χ4n) is 5.96. The maximum absolute atomic E-state index is 14.9. The Kier molecular flexibility index (Phi) is 8.09. The normalized spacial score (nSPS) is 16.8. The van der Waals surface area contributed by atoms with Crippen molar-refractivity contribution in [2.24, 2.45) is 0 Å². The zero-order valence-electron chi connectivity index (χ0n) is 24.0. The van der Waals surface area contributed by atoms with Gasteiger partial charge in [-0.05, 0) is 12.8 Å². The minimum atomic E-state index is -3.44. The Morgan fingerprint density at radius 2 is 2.02 bits per heavy atom. The Balaban J connectivity index is 1.54. The number of fused-ring (bicyclic) bond motifs is 1. The summed E-state index contributed by atoms with van der Waals surface area (Å²) in [6, 6.07) is 7.39. The molecule has 1 atom stereocenters. The first-order chi connectivity index (χ1) is 20.0. The summed E-state index contributed by atoms with van der Waals surface area (Å²) in [5.74, 6) is -4.63. The number of hydrogen-bond acceptors (Lipinski definition) is 4. The van der Waals surface area contributed by atoms with E-state index in [0.717, 1.165) is 41.4 Å².